The fourth-order valence-electron chi connectivity index (χ4n) is 3.71. The van der Waals surface area contributed by atoms with Crippen LogP contribution in [0.5, 0.6) is 0 Å². The molecule has 2 heterocycles. The molecule has 142 valence electrons. The first kappa shape index (κ1) is 19.2. The lowest BCUT2D eigenvalue weighted by Gasteiger charge is -2.35. The zero-order valence-electron chi connectivity index (χ0n) is 15.2. The van der Waals surface area contributed by atoms with Crippen LogP contribution in [-0.4, -0.2) is 61.0 Å². The molecule has 0 radical (unpaired) electrons. The van der Waals surface area contributed by atoms with Gasteiger partial charge in [-0.25, -0.2) is 0 Å². The largest absolute Gasteiger partial charge is 0.378 e. The molecular weight excluding hydrogens is 352 g/mol. The third-order valence-electron chi connectivity index (χ3n) is 5.31. The first-order chi connectivity index (χ1) is 12.6. The fourth-order valence-corrected chi connectivity index (χ4v) is 3.94. The minimum atomic E-state index is 0.0558. The van der Waals surface area contributed by atoms with Crippen LogP contribution in [0.15, 0.2) is 24.3 Å². The van der Waals surface area contributed by atoms with Crippen LogP contribution in [0.2, 0.25) is 5.02 Å². The highest BCUT2D eigenvalue weighted by Crippen LogP contribution is 2.22. The van der Waals surface area contributed by atoms with Gasteiger partial charge in [0.2, 0.25) is 11.8 Å². The molecule has 26 heavy (non-hydrogen) atoms. The molecule has 2 fully saturated rings. The molecule has 2 saturated heterocycles. The predicted octanol–water partition coefficient (Wildman–Crippen LogP) is 2.76. The second kappa shape index (κ2) is 9.38. The zero-order chi connectivity index (χ0) is 18.4. The van der Waals surface area contributed by atoms with Crippen LogP contribution in [0, 0.1) is 5.92 Å². The van der Waals surface area contributed by atoms with Gasteiger partial charge in [-0.2, -0.15) is 0 Å². The first-order valence-electron chi connectivity index (χ1n) is 9.53. The van der Waals surface area contributed by atoms with Crippen molar-refractivity contribution in [1.82, 2.24) is 9.80 Å². The van der Waals surface area contributed by atoms with Gasteiger partial charge < -0.3 is 14.5 Å². The zero-order valence-corrected chi connectivity index (χ0v) is 15.9. The molecular formula is C20H27ClN2O3. The molecule has 2 aliphatic heterocycles. The van der Waals surface area contributed by atoms with E-state index in [0.717, 1.165) is 36.3 Å². The van der Waals surface area contributed by atoms with E-state index in [1.54, 1.807) is 0 Å². The predicted molar refractivity (Wildman–Crippen MR) is 101 cm³/mol. The number of halogens is 1. The van der Waals surface area contributed by atoms with Crippen molar-refractivity contribution in [3.05, 3.63) is 34.9 Å². The first-order valence-corrected chi connectivity index (χ1v) is 9.90. The lowest BCUT2D eigenvalue weighted by atomic mass is 9.94. The molecule has 0 aromatic heterocycles. The van der Waals surface area contributed by atoms with E-state index in [0.29, 0.717) is 45.8 Å². The Kier molecular flexibility index (Phi) is 6.92. The molecule has 1 aromatic carbocycles. The minimum Gasteiger partial charge on any atom is -0.378 e. The number of aryl methyl sites for hydroxylation is 1. The van der Waals surface area contributed by atoms with Gasteiger partial charge in [0.25, 0.3) is 0 Å². The molecule has 2 amide bonds. The van der Waals surface area contributed by atoms with Crippen molar-refractivity contribution in [2.75, 3.05) is 39.4 Å². The van der Waals surface area contributed by atoms with E-state index in [9.17, 15) is 9.59 Å². The van der Waals surface area contributed by atoms with Crippen LogP contribution >= 0.6 is 11.6 Å². The summed E-state index contributed by atoms with van der Waals surface area (Å²) in [7, 11) is 0. The van der Waals surface area contributed by atoms with Crippen LogP contribution < -0.4 is 0 Å². The lowest BCUT2D eigenvalue weighted by molar-refractivity contribution is -0.143. The maximum atomic E-state index is 12.5. The van der Waals surface area contributed by atoms with Crippen LogP contribution in [0.25, 0.3) is 0 Å². The molecule has 6 heteroatoms. The monoisotopic (exact) mass is 378 g/mol. The van der Waals surface area contributed by atoms with E-state index < -0.39 is 0 Å². The van der Waals surface area contributed by atoms with Gasteiger partial charge in [-0.15, -0.1) is 0 Å². The number of hydrogen-bond acceptors (Lipinski definition) is 3. The van der Waals surface area contributed by atoms with E-state index in [1.807, 2.05) is 34.1 Å². The number of carbonyl (C=O) groups excluding carboxylic acids is 2. The van der Waals surface area contributed by atoms with Gasteiger partial charge >= 0.3 is 0 Å². The molecule has 0 unspecified atom stereocenters. The average molecular weight is 379 g/mol. The molecule has 0 spiro atoms. The highest BCUT2D eigenvalue weighted by atomic mass is 35.5. The number of ether oxygens (including phenoxy) is 1. The van der Waals surface area contributed by atoms with Crippen LogP contribution in [0.3, 0.4) is 0 Å². The Labute approximate surface area is 160 Å². The summed E-state index contributed by atoms with van der Waals surface area (Å²) in [5, 5.41) is 0.766. The van der Waals surface area contributed by atoms with E-state index in [4.69, 9.17) is 16.3 Å². The number of likely N-dealkylation sites (tertiary alicyclic amines) is 1. The van der Waals surface area contributed by atoms with Crippen molar-refractivity contribution >= 4 is 23.4 Å². The minimum absolute atomic E-state index is 0.0558. The van der Waals surface area contributed by atoms with E-state index in [2.05, 4.69) is 0 Å². The van der Waals surface area contributed by atoms with Crippen molar-refractivity contribution in [3.8, 4) is 0 Å². The second-order valence-electron chi connectivity index (χ2n) is 7.04. The molecule has 1 aromatic rings. The van der Waals surface area contributed by atoms with Crippen molar-refractivity contribution < 1.29 is 14.3 Å². The fraction of sp³-hybridized carbons (Fsp3) is 0.600. The Morgan fingerprint density at radius 2 is 1.73 bits per heavy atom. The third-order valence-corrected chi connectivity index (χ3v) is 5.68. The quantitative estimate of drug-likeness (QED) is 0.791. The summed E-state index contributed by atoms with van der Waals surface area (Å²) in [6.07, 6.45) is 3.69. The van der Waals surface area contributed by atoms with Crippen LogP contribution in [0.1, 0.15) is 31.2 Å². The maximum absolute atomic E-state index is 12.5. The Balaban J connectivity index is 1.39. The van der Waals surface area contributed by atoms with Crippen molar-refractivity contribution in [2.45, 2.75) is 32.1 Å². The van der Waals surface area contributed by atoms with Crippen molar-refractivity contribution in [3.63, 3.8) is 0 Å². The summed E-state index contributed by atoms with van der Waals surface area (Å²) in [5.41, 5.74) is 1.09. The summed E-state index contributed by atoms with van der Waals surface area (Å²) in [5.74, 6) is 0.480. The average Bonchev–Trinajstić information content (AvgIpc) is 2.69. The van der Waals surface area contributed by atoms with Gasteiger partial charge in [0.15, 0.2) is 0 Å². The van der Waals surface area contributed by atoms with Gasteiger partial charge in [-0.3, -0.25) is 9.59 Å². The normalized spacial score (nSPS) is 18.8. The molecule has 0 saturated carbocycles. The lowest BCUT2D eigenvalue weighted by Crippen LogP contribution is -2.47. The van der Waals surface area contributed by atoms with Gasteiger partial charge in [-0.05, 0) is 37.3 Å². The molecule has 0 aliphatic carbocycles. The van der Waals surface area contributed by atoms with Gasteiger partial charge in [0, 0.05) is 43.5 Å². The van der Waals surface area contributed by atoms with Gasteiger partial charge in [-0.1, -0.05) is 29.8 Å². The van der Waals surface area contributed by atoms with Crippen LogP contribution in [0.4, 0.5) is 0 Å². The number of hydrogen-bond donors (Lipinski definition) is 0. The highest BCUT2D eigenvalue weighted by Gasteiger charge is 2.30. The second-order valence-corrected chi connectivity index (χ2v) is 7.44. The Morgan fingerprint density at radius 1 is 1.04 bits per heavy atom. The number of piperidine rings is 1. The summed E-state index contributed by atoms with van der Waals surface area (Å²) < 4.78 is 5.31. The molecule has 0 atom stereocenters. The van der Waals surface area contributed by atoms with E-state index in [-0.39, 0.29) is 17.7 Å². The smallest absolute Gasteiger partial charge is 0.225 e. The maximum Gasteiger partial charge on any atom is 0.225 e. The Bertz CT molecular complexity index is 623. The Hall–Kier alpha value is -1.59. The van der Waals surface area contributed by atoms with Gasteiger partial charge in [0.1, 0.15) is 0 Å². The molecule has 5 nitrogen and oxygen atoms in total. The van der Waals surface area contributed by atoms with E-state index >= 15 is 0 Å². The molecule has 3 rings (SSSR count). The SMILES string of the molecule is O=C(CCCc1ccccc1Cl)N1CCC(C(=O)N2CCOCC2)CC1. The van der Waals surface area contributed by atoms with Crippen molar-refractivity contribution in [2.24, 2.45) is 5.92 Å². The van der Waals surface area contributed by atoms with E-state index in [1.165, 1.54) is 0 Å². The number of nitrogens with zero attached hydrogens (tertiary/aromatic N) is 2. The molecule has 0 bridgehead atoms. The standard InChI is InChI=1S/C20H27ClN2O3/c21-18-6-2-1-4-16(18)5-3-7-19(24)22-10-8-17(9-11-22)20(25)23-12-14-26-15-13-23/h1-2,4,6,17H,3,5,7-15H2. The summed E-state index contributed by atoms with van der Waals surface area (Å²) in [6, 6.07) is 7.78. The number of benzene rings is 1. The third kappa shape index (κ3) is 4.98. The number of rotatable bonds is 5. The van der Waals surface area contributed by atoms with Crippen molar-refractivity contribution in [1.29, 1.82) is 0 Å². The Morgan fingerprint density at radius 3 is 2.42 bits per heavy atom. The molecule has 2 aliphatic rings. The summed E-state index contributed by atoms with van der Waals surface area (Å²) in [4.78, 5) is 28.8. The number of morpholine rings is 1. The van der Waals surface area contributed by atoms with Crippen LogP contribution in [-0.2, 0) is 20.7 Å². The van der Waals surface area contributed by atoms with Gasteiger partial charge in [0.05, 0.1) is 13.2 Å². The molecule has 0 N–H and O–H groups in total. The number of amides is 2. The highest BCUT2D eigenvalue weighted by molar-refractivity contribution is 6.31. The number of carbonyl (C=O) groups is 2. The summed E-state index contributed by atoms with van der Waals surface area (Å²) >= 11 is 6.16. The summed E-state index contributed by atoms with van der Waals surface area (Å²) in [6.45, 7) is 4.03. The topological polar surface area (TPSA) is 49.9 Å².